The number of aromatic carboxylic acids is 1. The van der Waals surface area contributed by atoms with Gasteiger partial charge in [-0.05, 0) is 25.8 Å². The van der Waals surface area contributed by atoms with Crippen LogP contribution in [0.4, 0.5) is 0 Å². The summed E-state index contributed by atoms with van der Waals surface area (Å²) in [4.78, 5) is 11.2. The van der Waals surface area contributed by atoms with Crippen molar-refractivity contribution in [2.45, 2.75) is 37.3 Å². The SMILES string of the molecule is CCn1cc(S(=O)(=O)N2CCC(OC)CC2)cc1C(=O)O. The molecule has 0 atom stereocenters. The smallest absolute Gasteiger partial charge is 0.352 e. The Balaban J connectivity index is 2.26. The number of aromatic nitrogens is 1. The van der Waals surface area contributed by atoms with E-state index in [0.717, 1.165) is 0 Å². The fraction of sp³-hybridized carbons (Fsp3) is 0.615. The van der Waals surface area contributed by atoms with E-state index in [1.165, 1.54) is 21.1 Å². The maximum atomic E-state index is 12.6. The minimum atomic E-state index is -3.65. The average Bonchev–Trinajstić information content (AvgIpc) is 2.92. The summed E-state index contributed by atoms with van der Waals surface area (Å²) in [5.41, 5.74) is -0.0112. The maximum Gasteiger partial charge on any atom is 0.352 e. The van der Waals surface area contributed by atoms with E-state index in [1.807, 2.05) is 0 Å². The fourth-order valence-electron chi connectivity index (χ4n) is 2.52. The van der Waals surface area contributed by atoms with Gasteiger partial charge < -0.3 is 14.4 Å². The summed E-state index contributed by atoms with van der Waals surface area (Å²) >= 11 is 0. The Kier molecular flexibility index (Phi) is 4.70. The van der Waals surface area contributed by atoms with Crippen LogP contribution in [0.5, 0.6) is 0 Å². The maximum absolute atomic E-state index is 12.6. The van der Waals surface area contributed by atoms with E-state index >= 15 is 0 Å². The number of sulfonamides is 1. The number of nitrogens with zero attached hydrogens (tertiary/aromatic N) is 2. The van der Waals surface area contributed by atoms with Crippen LogP contribution in [0.1, 0.15) is 30.3 Å². The van der Waals surface area contributed by atoms with Crippen LogP contribution in [-0.4, -0.2) is 54.7 Å². The summed E-state index contributed by atoms with van der Waals surface area (Å²) in [6.45, 7) is 2.96. The van der Waals surface area contributed by atoms with Crippen molar-refractivity contribution in [3.63, 3.8) is 0 Å². The molecule has 1 N–H and O–H groups in total. The molecule has 8 heteroatoms. The van der Waals surface area contributed by atoms with E-state index in [-0.39, 0.29) is 16.7 Å². The van der Waals surface area contributed by atoms with Crippen molar-refractivity contribution in [2.24, 2.45) is 0 Å². The van der Waals surface area contributed by atoms with Crippen molar-refractivity contribution in [1.82, 2.24) is 8.87 Å². The predicted molar refractivity (Wildman–Crippen MR) is 75.9 cm³/mol. The summed E-state index contributed by atoms with van der Waals surface area (Å²) < 4.78 is 33.2. The lowest BCUT2D eigenvalue weighted by Crippen LogP contribution is -2.40. The molecule has 7 nitrogen and oxygen atoms in total. The lowest BCUT2D eigenvalue weighted by atomic mass is 10.1. The van der Waals surface area contributed by atoms with Crippen molar-refractivity contribution in [3.8, 4) is 0 Å². The molecular weight excluding hydrogens is 296 g/mol. The second kappa shape index (κ2) is 6.17. The normalized spacial score (nSPS) is 18.0. The van der Waals surface area contributed by atoms with Crippen molar-refractivity contribution < 1.29 is 23.1 Å². The van der Waals surface area contributed by atoms with Gasteiger partial charge in [-0.25, -0.2) is 13.2 Å². The van der Waals surface area contributed by atoms with E-state index in [9.17, 15) is 13.2 Å². The van der Waals surface area contributed by atoms with Crippen molar-refractivity contribution in [3.05, 3.63) is 18.0 Å². The first-order valence-corrected chi connectivity index (χ1v) is 8.30. The van der Waals surface area contributed by atoms with E-state index in [1.54, 1.807) is 14.0 Å². The van der Waals surface area contributed by atoms with Gasteiger partial charge in [0.25, 0.3) is 0 Å². The van der Waals surface area contributed by atoms with Crippen LogP contribution in [0.25, 0.3) is 0 Å². The third-order valence-electron chi connectivity index (χ3n) is 3.80. The summed E-state index contributed by atoms with van der Waals surface area (Å²) in [7, 11) is -2.02. The summed E-state index contributed by atoms with van der Waals surface area (Å²) in [6, 6.07) is 1.23. The molecule has 21 heavy (non-hydrogen) atoms. The van der Waals surface area contributed by atoms with Crippen molar-refractivity contribution >= 4 is 16.0 Å². The first kappa shape index (κ1) is 16.0. The van der Waals surface area contributed by atoms with Crippen LogP contribution in [0.3, 0.4) is 0 Å². The molecule has 2 heterocycles. The lowest BCUT2D eigenvalue weighted by molar-refractivity contribution is 0.0604. The molecule has 0 aromatic carbocycles. The predicted octanol–water partition coefficient (Wildman–Crippen LogP) is 1.01. The van der Waals surface area contributed by atoms with Gasteiger partial charge in [0, 0.05) is 32.9 Å². The quantitative estimate of drug-likeness (QED) is 0.875. The van der Waals surface area contributed by atoms with Crippen molar-refractivity contribution in [1.29, 1.82) is 0 Å². The molecule has 1 aliphatic heterocycles. The number of methoxy groups -OCH3 is 1. The third kappa shape index (κ3) is 3.12. The summed E-state index contributed by atoms with van der Waals surface area (Å²) in [5, 5.41) is 9.11. The molecule has 1 aliphatic rings. The minimum Gasteiger partial charge on any atom is -0.477 e. The zero-order chi connectivity index (χ0) is 15.6. The van der Waals surface area contributed by atoms with Gasteiger partial charge in [0.15, 0.2) is 0 Å². The number of carbonyl (C=O) groups is 1. The van der Waals surface area contributed by atoms with Crippen molar-refractivity contribution in [2.75, 3.05) is 20.2 Å². The highest BCUT2D eigenvalue weighted by Crippen LogP contribution is 2.23. The fourth-order valence-corrected chi connectivity index (χ4v) is 4.03. The molecule has 0 saturated carbocycles. The number of hydrogen-bond acceptors (Lipinski definition) is 4. The number of aryl methyl sites for hydroxylation is 1. The molecule has 118 valence electrons. The molecule has 0 amide bonds. The molecule has 2 rings (SSSR count). The van der Waals surface area contributed by atoms with Crippen LogP contribution in [-0.2, 0) is 21.3 Å². The van der Waals surface area contributed by atoms with E-state index in [4.69, 9.17) is 9.84 Å². The van der Waals surface area contributed by atoms with Gasteiger partial charge in [-0.2, -0.15) is 4.31 Å². The molecule has 0 radical (unpaired) electrons. The molecule has 1 fully saturated rings. The Bertz CT molecular complexity index is 615. The summed E-state index contributed by atoms with van der Waals surface area (Å²) in [6.07, 6.45) is 2.78. The first-order chi connectivity index (χ1) is 9.90. The molecule has 0 spiro atoms. The zero-order valence-corrected chi connectivity index (χ0v) is 13.0. The van der Waals surface area contributed by atoms with Gasteiger partial charge in [0.1, 0.15) is 10.6 Å². The number of piperidine rings is 1. The summed E-state index contributed by atoms with van der Waals surface area (Å²) in [5.74, 6) is -1.13. The molecular formula is C13H20N2O5S. The highest BCUT2D eigenvalue weighted by Gasteiger charge is 2.31. The van der Waals surface area contributed by atoms with Crippen LogP contribution < -0.4 is 0 Å². The van der Waals surface area contributed by atoms with E-state index < -0.39 is 16.0 Å². The van der Waals surface area contributed by atoms with Gasteiger partial charge >= 0.3 is 5.97 Å². The van der Waals surface area contributed by atoms with E-state index in [0.29, 0.717) is 32.5 Å². The monoisotopic (exact) mass is 316 g/mol. The Morgan fingerprint density at radius 1 is 1.43 bits per heavy atom. The number of carboxylic acid groups (broad SMARTS) is 1. The number of carboxylic acids is 1. The van der Waals surface area contributed by atoms with Crippen LogP contribution in [0.2, 0.25) is 0 Å². The highest BCUT2D eigenvalue weighted by atomic mass is 32.2. The Labute approximate surface area is 124 Å². The van der Waals surface area contributed by atoms with Gasteiger partial charge in [-0.3, -0.25) is 0 Å². The average molecular weight is 316 g/mol. The Hall–Kier alpha value is -1.38. The van der Waals surface area contributed by atoms with Gasteiger partial charge in [0.2, 0.25) is 10.0 Å². The minimum absolute atomic E-state index is 0.0112. The second-order valence-corrected chi connectivity index (χ2v) is 6.93. The van der Waals surface area contributed by atoms with Crippen LogP contribution >= 0.6 is 0 Å². The van der Waals surface area contributed by atoms with Gasteiger partial charge in [-0.15, -0.1) is 0 Å². The topological polar surface area (TPSA) is 88.8 Å². The van der Waals surface area contributed by atoms with Crippen LogP contribution in [0.15, 0.2) is 17.2 Å². The first-order valence-electron chi connectivity index (χ1n) is 6.86. The second-order valence-electron chi connectivity index (χ2n) is 4.99. The van der Waals surface area contributed by atoms with Gasteiger partial charge in [-0.1, -0.05) is 0 Å². The molecule has 1 aromatic rings. The lowest BCUT2D eigenvalue weighted by Gasteiger charge is -2.30. The highest BCUT2D eigenvalue weighted by molar-refractivity contribution is 7.89. The largest absolute Gasteiger partial charge is 0.477 e. The number of rotatable bonds is 5. The molecule has 1 aromatic heterocycles. The molecule has 0 bridgehead atoms. The molecule has 0 aliphatic carbocycles. The third-order valence-corrected chi connectivity index (χ3v) is 5.67. The number of hydrogen-bond donors (Lipinski definition) is 1. The Morgan fingerprint density at radius 2 is 2.05 bits per heavy atom. The van der Waals surface area contributed by atoms with E-state index in [2.05, 4.69) is 0 Å². The van der Waals surface area contributed by atoms with Gasteiger partial charge in [0.05, 0.1) is 6.10 Å². The molecule has 1 saturated heterocycles. The molecule has 0 unspecified atom stereocenters. The number of ether oxygens (including phenoxy) is 1. The standard InChI is InChI=1S/C13H20N2O5S/c1-3-14-9-11(8-12(14)13(16)17)21(18,19)15-6-4-10(20-2)5-7-15/h8-10H,3-7H2,1-2H3,(H,16,17). The zero-order valence-electron chi connectivity index (χ0n) is 12.2. The Morgan fingerprint density at radius 3 is 2.48 bits per heavy atom. The van der Waals surface area contributed by atoms with Crippen LogP contribution in [0, 0.1) is 0 Å².